The SMILES string of the molecule is COc1ccc(C2=NO[C@H](CN(Cc3cccc(F)c3)C(=O)C3CCC3)C2)cc1OC. The molecule has 0 spiro atoms. The smallest absolute Gasteiger partial charge is 0.226 e. The third-order valence-electron chi connectivity index (χ3n) is 5.90. The molecule has 1 fully saturated rings. The fourth-order valence-electron chi connectivity index (χ4n) is 3.96. The molecule has 4 rings (SSSR count). The zero-order chi connectivity index (χ0) is 21.8. The first-order valence-corrected chi connectivity index (χ1v) is 10.6. The van der Waals surface area contributed by atoms with Gasteiger partial charge in [-0.05, 0) is 48.7 Å². The summed E-state index contributed by atoms with van der Waals surface area (Å²) in [5.74, 6) is 1.14. The van der Waals surface area contributed by atoms with Gasteiger partial charge in [0.1, 0.15) is 5.82 Å². The predicted molar refractivity (Wildman–Crippen MR) is 115 cm³/mol. The van der Waals surface area contributed by atoms with Crippen LogP contribution in [0.4, 0.5) is 4.39 Å². The van der Waals surface area contributed by atoms with Crippen LogP contribution in [-0.4, -0.2) is 43.4 Å². The standard InChI is InChI=1S/C24H27FN2O4/c1-29-22-10-9-18(12-23(22)30-2)21-13-20(31-26-21)15-27(24(28)17-6-4-7-17)14-16-5-3-8-19(25)11-16/h3,5,8-12,17,20H,4,6-7,13-15H2,1-2H3/t20-/m0/s1. The second kappa shape index (κ2) is 9.37. The van der Waals surface area contributed by atoms with Crippen LogP contribution >= 0.6 is 0 Å². The Hall–Kier alpha value is -3.09. The van der Waals surface area contributed by atoms with E-state index in [9.17, 15) is 9.18 Å². The Morgan fingerprint density at radius 1 is 1.16 bits per heavy atom. The van der Waals surface area contributed by atoms with Gasteiger partial charge in [0.25, 0.3) is 0 Å². The molecule has 6 nitrogen and oxygen atoms in total. The maximum absolute atomic E-state index is 13.6. The van der Waals surface area contributed by atoms with Gasteiger partial charge in [-0.25, -0.2) is 4.39 Å². The third kappa shape index (κ3) is 4.81. The van der Waals surface area contributed by atoms with Crippen LogP contribution in [0.25, 0.3) is 0 Å². The molecule has 0 N–H and O–H groups in total. The highest BCUT2D eigenvalue weighted by Gasteiger charge is 2.33. The van der Waals surface area contributed by atoms with E-state index in [1.165, 1.54) is 12.1 Å². The molecule has 0 saturated heterocycles. The molecule has 0 unspecified atom stereocenters. The second-order valence-electron chi connectivity index (χ2n) is 8.02. The summed E-state index contributed by atoms with van der Waals surface area (Å²) in [7, 11) is 3.18. The first-order valence-electron chi connectivity index (χ1n) is 10.6. The Labute approximate surface area is 181 Å². The topological polar surface area (TPSA) is 60.4 Å². The highest BCUT2D eigenvalue weighted by Crippen LogP contribution is 2.31. The summed E-state index contributed by atoms with van der Waals surface area (Å²) in [6.07, 6.45) is 3.24. The molecule has 1 atom stereocenters. The molecule has 2 aromatic carbocycles. The summed E-state index contributed by atoms with van der Waals surface area (Å²) in [4.78, 5) is 20.5. The molecule has 0 bridgehead atoms. The summed E-state index contributed by atoms with van der Waals surface area (Å²) < 4.78 is 24.3. The number of amides is 1. The van der Waals surface area contributed by atoms with Crippen molar-refractivity contribution >= 4 is 11.6 Å². The molecule has 1 aliphatic carbocycles. The van der Waals surface area contributed by atoms with Crippen LogP contribution in [-0.2, 0) is 16.2 Å². The number of carbonyl (C=O) groups excluding carboxylic acids is 1. The third-order valence-corrected chi connectivity index (χ3v) is 5.90. The van der Waals surface area contributed by atoms with E-state index in [0.717, 1.165) is 36.1 Å². The van der Waals surface area contributed by atoms with Crippen LogP contribution in [0.1, 0.15) is 36.8 Å². The van der Waals surface area contributed by atoms with Gasteiger partial charge in [-0.15, -0.1) is 0 Å². The van der Waals surface area contributed by atoms with Crippen molar-refractivity contribution in [2.75, 3.05) is 20.8 Å². The largest absolute Gasteiger partial charge is 0.493 e. The molecule has 164 valence electrons. The van der Waals surface area contributed by atoms with E-state index in [0.29, 0.717) is 31.0 Å². The van der Waals surface area contributed by atoms with E-state index in [4.69, 9.17) is 14.3 Å². The lowest BCUT2D eigenvalue weighted by Gasteiger charge is -2.32. The van der Waals surface area contributed by atoms with Gasteiger partial charge in [-0.3, -0.25) is 4.79 Å². The van der Waals surface area contributed by atoms with Crippen LogP contribution in [0.2, 0.25) is 0 Å². The molecule has 1 aliphatic heterocycles. The quantitative estimate of drug-likeness (QED) is 0.636. The molecule has 7 heteroatoms. The van der Waals surface area contributed by atoms with Crippen molar-refractivity contribution in [3.8, 4) is 11.5 Å². The number of hydrogen-bond acceptors (Lipinski definition) is 5. The minimum absolute atomic E-state index is 0.0567. The molecule has 1 amide bonds. The van der Waals surface area contributed by atoms with E-state index in [1.54, 1.807) is 25.2 Å². The summed E-state index contributed by atoms with van der Waals surface area (Å²) in [5.41, 5.74) is 2.46. The maximum atomic E-state index is 13.6. The zero-order valence-corrected chi connectivity index (χ0v) is 17.8. The van der Waals surface area contributed by atoms with Gasteiger partial charge in [0.15, 0.2) is 17.6 Å². The van der Waals surface area contributed by atoms with E-state index in [2.05, 4.69) is 5.16 Å². The molecular formula is C24H27FN2O4. The number of oxime groups is 1. The molecule has 31 heavy (non-hydrogen) atoms. The van der Waals surface area contributed by atoms with Gasteiger partial charge in [0, 0.05) is 24.4 Å². The second-order valence-corrected chi connectivity index (χ2v) is 8.02. The summed E-state index contributed by atoms with van der Waals surface area (Å²) in [5, 5.41) is 4.25. The van der Waals surface area contributed by atoms with Crippen LogP contribution in [0, 0.1) is 11.7 Å². The van der Waals surface area contributed by atoms with Gasteiger partial charge in [0.05, 0.1) is 26.5 Å². The number of carbonyl (C=O) groups is 1. The fourth-order valence-corrected chi connectivity index (χ4v) is 3.96. The van der Waals surface area contributed by atoms with Crippen molar-refractivity contribution < 1.29 is 23.5 Å². The van der Waals surface area contributed by atoms with Crippen LogP contribution < -0.4 is 9.47 Å². The summed E-state index contributed by atoms with van der Waals surface area (Å²) >= 11 is 0. The predicted octanol–water partition coefficient (Wildman–Crippen LogP) is 4.16. The van der Waals surface area contributed by atoms with Crippen LogP contribution in [0.15, 0.2) is 47.6 Å². The number of nitrogens with zero attached hydrogens (tertiary/aromatic N) is 2. The van der Waals surface area contributed by atoms with Crippen LogP contribution in [0.3, 0.4) is 0 Å². The Kier molecular flexibility index (Phi) is 6.39. The maximum Gasteiger partial charge on any atom is 0.226 e. The van der Waals surface area contributed by atoms with Gasteiger partial charge < -0.3 is 19.2 Å². The lowest BCUT2D eigenvalue weighted by molar-refractivity contribution is -0.140. The van der Waals surface area contributed by atoms with Crippen molar-refractivity contribution in [2.24, 2.45) is 11.1 Å². The lowest BCUT2D eigenvalue weighted by atomic mass is 9.84. The number of rotatable bonds is 8. The van der Waals surface area contributed by atoms with E-state index < -0.39 is 0 Å². The molecule has 2 aliphatic rings. The Balaban J connectivity index is 1.45. The molecule has 1 saturated carbocycles. The molecule has 0 aromatic heterocycles. The van der Waals surface area contributed by atoms with Gasteiger partial charge in [-0.1, -0.05) is 23.7 Å². The number of benzene rings is 2. The normalized spacial score (nSPS) is 18.0. The van der Waals surface area contributed by atoms with E-state index in [1.807, 2.05) is 24.3 Å². The van der Waals surface area contributed by atoms with Crippen molar-refractivity contribution in [3.05, 3.63) is 59.4 Å². The lowest BCUT2D eigenvalue weighted by Crippen LogP contribution is -2.42. The Morgan fingerprint density at radius 2 is 1.97 bits per heavy atom. The number of halogens is 1. The molecule has 1 heterocycles. The van der Waals surface area contributed by atoms with Crippen molar-refractivity contribution in [1.82, 2.24) is 4.90 Å². The van der Waals surface area contributed by atoms with Gasteiger partial charge in [0.2, 0.25) is 5.91 Å². The van der Waals surface area contributed by atoms with Crippen molar-refractivity contribution in [3.63, 3.8) is 0 Å². The highest BCUT2D eigenvalue weighted by molar-refractivity contribution is 6.01. The van der Waals surface area contributed by atoms with Gasteiger partial charge >= 0.3 is 0 Å². The summed E-state index contributed by atoms with van der Waals surface area (Å²) in [6, 6.07) is 12.0. The highest BCUT2D eigenvalue weighted by atomic mass is 19.1. The average molecular weight is 426 g/mol. The first-order chi connectivity index (χ1) is 15.1. The average Bonchev–Trinajstić information content (AvgIpc) is 3.20. The zero-order valence-electron chi connectivity index (χ0n) is 17.8. The summed E-state index contributed by atoms with van der Waals surface area (Å²) in [6.45, 7) is 0.769. The first kappa shape index (κ1) is 21.2. The Morgan fingerprint density at radius 3 is 2.65 bits per heavy atom. The van der Waals surface area contributed by atoms with Crippen LogP contribution in [0.5, 0.6) is 11.5 Å². The molecular weight excluding hydrogens is 399 g/mol. The minimum Gasteiger partial charge on any atom is -0.493 e. The minimum atomic E-state index is -0.301. The van der Waals surface area contributed by atoms with Crippen molar-refractivity contribution in [2.45, 2.75) is 38.3 Å². The number of ether oxygens (including phenoxy) is 2. The van der Waals surface area contributed by atoms with E-state index >= 15 is 0 Å². The van der Waals surface area contributed by atoms with Gasteiger partial charge in [-0.2, -0.15) is 0 Å². The van der Waals surface area contributed by atoms with Crippen molar-refractivity contribution in [1.29, 1.82) is 0 Å². The number of hydrogen-bond donors (Lipinski definition) is 0. The molecule has 0 radical (unpaired) electrons. The monoisotopic (exact) mass is 426 g/mol. The molecule has 2 aromatic rings. The number of methoxy groups -OCH3 is 2. The Bertz CT molecular complexity index is 974. The van der Waals surface area contributed by atoms with E-state index in [-0.39, 0.29) is 23.7 Å². The fraction of sp³-hybridized carbons (Fsp3) is 0.417.